The Kier molecular flexibility index (Phi) is 5.85. The van der Waals surface area contributed by atoms with Crippen molar-refractivity contribution in [1.82, 2.24) is 14.5 Å². The molecule has 0 spiro atoms. The molecule has 4 rings (SSSR count). The molecule has 0 aliphatic carbocycles. The summed E-state index contributed by atoms with van der Waals surface area (Å²) in [6.45, 7) is 4.37. The number of carbonyl (C=O) groups is 1. The fourth-order valence-electron chi connectivity index (χ4n) is 3.44. The number of fused-ring (bicyclic) bond motifs is 1. The van der Waals surface area contributed by atoms with Crippen molar-refractivity contribution in [1.29, 1.82) is 0 Å². The Balaban J connectivity index is 1.71. The van der Waals surface area contributed by atoms with Crippen molar-refractivity contribution in [3.63, 3.8) is 0 Å². The van der Waals surface area contributed by atoms with Gasteiger partial charge in [0.2, 0.25) is 0 Å². The van der Waals surface area contributed by atoms with E-state index in [1.807, 2.05) is 37.3 Å². The fourth-order valence-corrected chi connectivity index (χ4v) is 3.44. The Hall–Kier alpha value is -4.20. The highest BCUT2D eigenvalue weighted by Gasteiger charge is 2.17. The van der Waals surface area contributed by atoms with Crippen molar-refractivity contribution in [3.05, 3.63) is 98.3 Å². The second-order valence-corrected chi connectivity index (χ2v) is 7.24. The van der Waals surface area contributed by atoms with E-state index in [2.05, 4.69) is 15.3 Å². The first-order chi connectivity index (χ1) is 15.5. The zero-order valence-corrected chi connectivity index (χ0v) is 17.7. The van der Waals surface area contributed by atoms with E-state index in [-0.39, 0.29) is 23.1 Å². The van der Waals surface area contributed by atoms with Crippen LogP contribution >= 0.6 is 0 Å². The Bertz CT molecular complexity index is 1390. The molecule has 2 aromatic heterocycles. The summed E-state index contributed by atoms with van der Waals surface area (Å²) in [5.74, 6) is 0.304. The van der Waals surface area contributed by atoms with Crippen LogP contribution in [0.3, 0.4) is 0 Å². The summed E-state index contributed by atoms with van der Waals surface area (Å²) < 4.78 is 6.80. The van der Waals surface area contributed by atoms with Crippen LogP contribution in [0.4, 0.5) is 5.69 Å². The van der Waals surface area contributed by atoms with E-state index in [0.717, 1.165) is 5.56 Å². The molecule has 0 saturated heterocycles. The van der Waals surface area contributed by atoms with Crippen molar-refractivity contribution < 1.29 is 9.53 Å². The monoisotopic (exact) mass is 430 g/mol. The Labute approximate surface area is 183 Å². The van der Waals surface area contributed by atoms with Gasteiger partial charge in [-0.15, -0.1) is 0 Å². The Morgan fingerprint density at radius 1 is 1.09 bits per heavy atom. The summed E-state index contributed by atoms with van der Waals surface area (Å²) in [4.78, 5) is 44.6. The van der Waals surface area contributed by atoms with Gasteiger partial charge in [-0.25, -0.2) is 9.78 Å². The van der Waals surface area contributed by atoms with Gasteiger partial charge in [-0.2, -0.15) is 0 Å². The molecule has 0 unspecified atom stereocenters. The fraction of sp³-hybridized carbons (Fsp3) is 0.167. The molecule has 162 valence electrons. The van der Waals surface area contributed by atoms with Crippen molar-refractivity contribution in [2.24, 2.45) is 0 Å². The van der Waals surface area contributed by atoms with E-state index in [0.29, 0.717) is 23.7 Å². The van der Waals surface area contributed by atoms with Crippen LogP contribution in [-0.4, -0.2) is 27.0 Å². The van der Waals surface area contributed by atoms with E-state index in [4.69, 9.17) is 4.74 Å². The average molecular weight is 430 g/mol. The number of nitrogens with one attached hydrogen (secondary N) is 2. The van der Waals surface area contributed by atoms with Gasteiger partial charge >= 0.3 is 5.69 Å². The number of aryl methyl sites for hydroxylation is 1. The Morgan fingerprint density at radius 3 is 2.50 bits per heavy atom. The quantitative estimate of drug-likeness (QED) is 0.489. The first-order valence-corrected chi connectivity index (χ1v) is 10.2. The zero-order chi connectivity index (χ0) is 22.7. The van der Waals surface area contributed by atoms with Crippen molar-refractivity contribution in [2.75, 3.05) is 11.9 Å². The van der Waals surface area contributed by atoms with Gasteiger partial charge in [-0.3, -0.25) is 19.1 Å². The summed E-state index contributed by atoms with van der Waals surface area (Å²) in [5.41, 5.74) is 1.23. The van der Waals surface area contributed by atoms with E-state index < -0.39 is 17.2 Å². The van der Waals surface area contributed by atoms with E-state index >= 15 is 0 Å². The predicted octanol–water partition coefficient (Wildman–Crippen LogP) is 3.09. The molecule has 0 radical (unpaired) electrons. The van der Waals surface area contributed by atoms with Crippen molar-refractivity contribution >= 4 is 22.6 Å². The molecule has 1 amide bonds. The molecular formula is C24H22N4O4. The minimum atomic E-state index is -0.586. The summed E-state index contributed by atoms with van der Waals surface area (Å²) in [5, 5.41) is 2.97. The van der Waals surface area contributed by atoms with Crippen molar-refractivity contribution in [2.45, 2.75) is 20.4 Å². The normalized spacial score (nSPS) is 10.8. The molecule has 2 N–H and O–H groups in total. The summed E-state index contributed by atoms with van der Waals surface area (Å²) in [6, 6.07) is 17.9. The molecule has 8 heteroatoms. The molecule has 4 aromatic rings. The molecule has 0 fully saturated rings. The van der Waals surface area contributed by atoms with Crippen LogP contribution in [0.25, 0.3) is 11.0 Å². The van der Waals surface area contributed by atoms with Crippen LogP contribution in [-0.2, 0) is 6.54 Å². The average Bonchev–Trinajstić information content (AvgIpc) is 2.78. The van der Waals surface area contributed by atoms with Gasteiger partial charge in [-0.05, 0) is 49.7 Å². The number of aromatic amines is 1. The van der Waals surface area contributed by atoms with Crippen LogP contribution < -0.4 is 21.3 Å². The zero-order valence-electron chi connectivity index (χ0n) is 17.7. The second-order valence-electron chi connectivity index (χ2n) is 7.24. The molecule has 2 aromatic carbocycles. The maximum absolute atomic E-state index is 12.9. The van der Waals surface area contributed by atoms with Gasteiger partial charge in [-0.1, -0.05) is 30.3 Å². The van der Waals surface area contributed by atoms with Gasteiger partial charge in [0, 0.05) is 5.69 Å². The number of aromatic nitrogens is 3. The topological polar surface area (TPSA) is 106 Å². The lowest BCUT2D eigenvalue weighted by Crippen LogP contribution is -2.32. The number of H-pyrrole nitrogens is 1. The summed E-state index contributed by atoms with van der Waals surface area (Å²) >= 11 is 0. The number of anilines is 1. The largest absolute Gasteiger partial charge is 0.494 e. The van der Waals surface area contributed by atoms with Crippen LogP contribution in [0.2, 0.25) is 0 Å². The second kappa shape index (κ2) is 8.89. The highest BCUT2D eigenvalue weighted by Crippen LogP contribution is 2.19. The SMILES string of the molecule is CCOc1ccc(NC(=O)c2cc3c(=O)[nH]c(=O)n(Cc4ccccc4)c3nc2C)cc1. The van der Waals surface area contributed by atoms with Crippen molar-refractivity contribution in [3.8, 4) is 5.75 Å². The highest BCUT2D eigenvalue weighted by molar-refractivity contribution is 6.06. The number of nitrogens with zero attached hydrogens (tertiary/aromatic N) is 2. The first kappa shape index (κ1) is 21.0. The van der Waals surface area contributed by atoms with E-state index in [9.17, 15) is 14.4 Å². The van der Waals surface area contributed by atoms with Gasteiger partial charge in [0.1, 0.15) is 11.4 Å². The van der Waals surface area contributed by atoms with Gasteiger partial charge in [0.05, 0.1) is 29.8 Å². The predicted molar refractivity (Wildman–Crippen MR) is 122 cm³/mol. The number of ether oxygens (including phenoxy) is 1. The lowest BCUT2D eigenvalue weighted by molar-refractivity contribution is 0.102. The standard InChI is InChI=1S/C24H22N4O4/c1-3-32-18-11-9-17(10-12-18)26-22(29)19-13-20-21(25-15(19)2)28(24(31)27-23(20)30)14-16-7-5-4-6-8-16/h4-13H,3,14H2,1-2H3,(H,26,29)(H,27,30,31). The third kappa shape index (κ3) is 4.29. The number of hydrogen-bond acceptors (Lipinski definition) is 5. The number of rotatable bonds is 6. The maximum Gasteiger partial charge on any atom is 0.330 e. The number of carbonyl (C=O) groups excluding carboxylic acids is 1. The number of hydrogen-bond donors (Lipinski definition) is 2. The van der Waals surface area contributed by atoms with Gasteiger partial charge in [0.25, 0.3) is 11.5 Å². The molecular weight excluding hydrogens is 408 g/mol. The molecule has 32 heavy (non-hydrogen) atoms. The molecule has 0 aliphatic heterocycles. The number of amides is 1. The summed E-state index contributed by atoms with van der Waals surface area (Å²) in [7, 11) is 0. The molecule has 0 saturated carbocycles. The lowest BCUT2D eigenvalue weighted by atomic mass is 10.1. The van der Waals surface area contributed by atoms with Crippen LogP contribution in [0.15, 0.2) is 70.3 Å². The van der Waals surface area contributed by atoms with Crippen LogP contribution in [0, 0.1) is 6.92 Å². The Morgan fingerprint density at radius 2 is 1.81 bits per heavy atom. The van der Waals surface area contributed by atoms with Crippen LogP contribution in [0.5, 0.6) is 5.75 Å². The number of pyridine rings is 1. The smallest absolute Gasteiger partial charge is 0.330 e. The summed E-state index contributed by atoms with van der Waals surface area (Å²) in [6.07, 6.45) is 0. The third-order valence-electron chi connectivity index (χ3n) is 5.01. The highest BCUT2D eigenvalue weighted by atomic mass is 16.5. The molecule has 8 nitrogen and oxygen atoms in total. The third-order valence-corrected chi connectivity index (χ3v) is 5.01. The minimum absolute atomic E-state index is 0.169. The lowest BCUT2D eigenvalue weighted by Gasteiger charge is -2.12. The maximum atomic E-state index is 12.9. The van der Waals surface area contributed by atoms with Gasteiger partial charge < -0.3 is 10.1 Å². The van der Waals surface area contributed by atoms with E-state index in [1.54, 1.807) is 31.2 Å². The first-order valence-electron chi connectivity index (χ1n) is 10.2. The van der Waals surface area contributed by atoms with E-state index in [1.165, 1.54) is 10.6 Å². The molecule has 0 atom stereocenters. The van der Waals surface area contributed by atoms with Crippen LogP contribution in [0.1, 0.15) is 28.5 Å². The molecule has 2 heterocycles. The minimum Gasteiger partial charge on any atom is -0.494 e. The molecule has 0 aliphatic rings. The molecule has 0 bridgehead atoms. The van der Waals surface area contributed by atoms with Gasteiger partial charge in [0.15, 0.2) is 0 Å². The number of benzene rings is 2.